The maximum absolute atomic E-state index is 8.56. The summed E-state index contributed by atoms with van der Waals surface area (Å²) >= 11 is 0. The van der Waals surface area contributed by atoms with Crippen LogP contribution in [-0.2, 0) is 26.2 Å². The second kappa shape index (κ2) is 72.5. The van der Waals surface area contributed by atoms with Gasteiger partial charge in [-0.3, -0.25) is 0 Å². The fourth-order valence-corrected chi connectivity index (χ4v) is 0. The Kier molecular flexibility index (Phi) is 153. The van der Waals surface area contributed by atoms with Crippen LogP contribution in [0.1, 0.15) is 55.4 Å². The first kappa shape index (κ1) is 36.0. The summed E-state index contributed by atoms with van der Waals surface area (Å²) in [5.41, 5.74) is 0. The van der Waals surface area contributed by atoms with Crippen LogP contribution in [0.25, 0.3) is 0 Å². The largest absolute Gasteiger partial charge is 4.00 e. The molecule has 0 radical (unpaired) electrons. The van der Waals surface area contributed by atoms with Crippen LogP contribution in [0.3, 0.4) is 0 Å². The summed E-state index contributed by atoms with van der Waals surface area (Å²) in [6.07, 6.45) is 6.17. The Morgan fingerprint density at radius 1 is 0.647 bits per heavy atom. The van der Waals surface area contributed by atoms with Gasteiger partial charge in [-0.2, -0.15) is 55.4 Å². The second-order valence-electron chi connectivity index (χ2n) is 2.59. The van der Waals surface area contributed by atoms with E-state index in [2.05, 4.69) is 0 Å². The molecule has 104 valence electrons. The SMILES string of the molecule is C[CH-]C.C[CH-]C.C[CH-]C.C[CH-]C.O=C(O)O.[Zr+4]. The van der Waals surface area contributed by atoms with E-state index in [0.717, 1.165) is 0 Å². The molecule has 0 aliphatic heterocycles. The smallest absolute Gasteiger partial charge is 0.450 e. The Labute approximate surface area is 128 Å². The molecule has 0 atom stereocenters. The van der Waals surface area contributed by atoms with E-state index in [1.807, 2.05) is 81.1 Å². The van der Waals surface area contributed by atoms with Gasteiger partial charge in [0.25, 0.3) is 0 Å². The van der Waals surface area contributed by atoms with Gasteiger partial charge in [0.05, 0.1) is 0 Å². The maximum Gasteiger partial charge on any atom is 4.00 e. The van der Waals surface area contributed by atoms with Crippen LogP contribution in [0.5, 0.6) is 0 Å². The first-order valence-electron chi connectivity index (χ1n) is 5.27. The fourth-order valence-electron chi connectivity index (χ4n) is 0. The van der Waals surface area contributed by atoms with Crippen molar-refractivity contribution < 1.29 is 41.2 Å². The molecule has 17 heavy (non-hydrogen) atoms. The molecule has 4 heteroatoms. The molecule has 0 unspecified atom stereocenters. The maximum atomic E-state index is 8.56. The molecule has 0 aliphatic rings. The van der Waals surface area contributed by atoms with Gasteiger partial charge < -0.3 is 35.9 Å². The molecule has 3 nitrogen and oxygen atoms in total. The van der Waals surface area contributed by atoms with Gasteiger partial charge in [0, 0.05) is 0 Å². The predicted octanol–water partition coefficient (Wildman–Crippen LogP) is 5.14. The van der Waals surface area contributed by atoms with Gasteiger partial charge in [-0.05, 0) is 0 Å². The van der Waals surface area contributed by atoms with Crippen molar-refractivity contribution in [2.75, 3.05) is 0 Å². The third-order valence-corrected chi connectivity index (χ3v) is 0. The summed E-state index contributed by atoms with van der Waals surface area (Å²) in [6, 6.07) is 0. The molecule has 0 aromatic heterocycles. The summed E-state index contributed by atoms with van der Waals surface area (Å²) in [4.78, 5) is 8.56. The van der Waals surface area contributed by atoms with Gasteiger partial charge in [-0.1, -0.05) is 0 Å². The average Bonchev–Trinajstić information content (AvgIpc) is 2.06. The number of hydrogen-bond donors (Lipinski definition) is 2. The minimum absolute atomic E-state index is 0. The second-order valence-corrected chi connectivity index (χ2v) is 2.59. The number of hydrogen-bond acceptors (Lipinski definition) is 1. The van der Waals surface area contributed by atoms with Gasteiger partial charge in [0.1, 0.15) is 0 Å². The van der Waals surface area contributed by atoms with E-state index < -0.39 is 6.16 Å². The molecule has 0 aromatic carbocycles. The molecule has 0 fully saturated rings. The van der Waals surface area contributed by atoms with Gasteiger partial charge >= 0.3 is 32.4 Å². The topological polar surface area (TPSA) is 57.5 Å². The number of carboxylic acid groups (broad SMARTS) is 2. The van der Waals surface area contributed by atoms with Crippen molar-refractivity contribution in [3.05, 3.63) is 25.7 Å². The van der Waals surface area contributed by atoms with Gasteiger partial charge in [-0.25, -0.2) is 4.79 Å². The van der Waals surface area contributed by atoms with E-state index in [-0.39, 0.29) is 26.2 Å². The molecular formula is C13H30O3Zr. The molecule has 0 spiro atoms. The van der Waals surface area contributed by atoms with Crippen molar-refractivity contribution in [3.8, 4) is 0 Å². The molecule has 0 saturated heterocycles. The van der Waals surface area contributed by atoms with Gasteiger partial charge in [0.15, 0.2) is 0 Å². The van der Waals surface area contributed by atoms with Crippen molar-refractivity contribution in [1.82, 2.24) is 0 Å². The predicted molar refractivity (Wildman–Crippen MR) is 73.2 cm³/mol. The number of carbonyl (C=O) groups is 1. The zero-order chi connectivity index (χ0) is 14.4. The van der Waals surface area contributed by atoms with E-state index in [0.29, 0.717) is 0 Å². The summed E-state index contributed by atoms with van der Waals surface area (Å²) in [7, 11) is 0. The van der Waals surface area contributed by atoms with Crippen LogP contribution in [-0.4, -0.2) is 16.4 Å². The molecule has 2 N–H and O–H groups in total. The molecule has 0 rings (SSSR count). The van der Waals surface area contributed by atoms with E-state index in [9.17, 15) is 0 Å². The minimum Gasteiger partial charge on any atom is -0.450 e. The molecule has 0 aliphatic carbocycles. The Hall–Kier alpha value is 0.153. The average molecular weight is 326 g/mol. The summed E-state index contributed by atoms with van der Waals surface area (Å²) < 4.78 is 0. The molecule has 0 heterocycles. The Morgan fingerprint density at radius 2 is 0.647 bits per heavy atom. The van der Waals surface area contributed by atoms with Crippen molar-refractivity contribution in [1.29, 1.82) is 0 Å². The molecule has 0 amide bonds. The zero-order valence-corrected chi connectivity index (χ0v) is 15.1. The fraction of sp³-hybridized carbons (Fsp3) is 0.615. The Morgan fingerprint density at radius 3 is 0.647 bits per heavy atom. The third kappa shape index (κ3) is 138000. The number of rotatable bonds is 0. The van der Waals surface area contributed by atoms with Crippen LogP contribution < -0.4 is 0 Å². The summed E-state index contributed by atoms with van der Waals surface area (Å²) in [6.45, 7) is 16.0. The van der Waals surface area contributed by atoms with Gasteiger partial charge in [-0.15, -0.1) is 0 Å². The van der Waals surface area contributed by atoms with Crippen LogP contribution in [0.2, 0.25) is 0 Å². The van der Waals surface area contributed by atoms with Crippen LogP contribution in [0, 0.1) is 25.7 Å². The van der Waals surface area contributed by atoms with E-state index in [1.54, 1.807) is 0 Å². The van der Waals surface area contributed by atoms with Crippen LogP contribution >= 0.6 is 0 Å². The van der Waals surface area contributed by atoms with Crippen LogP contribution in [0.15, 0.2) is 0 Å². The van der Waals surface area contributed by atoms with Crippen molar-refractivity contribution in [2.45, 2.75) is 55.4 Å². The van der Waals surface area contributed by atoms with Crippen molar-refractivity contribution in [2.24, 2.45) is 0 Å². The summed E-state index contributed by atoms with van der Waals surface area (Å²) in [5, 5.41) is 13.9. The molecular weight excluding hydrogens is 295 g/mol. The zero-order valence-electron chi connectivity index (χ0n) is 12.6. The third-order valence-electron chi connectivity index (χ3n) is 0. The first-order chi connectivity index (χ1) is 7.39. The standard InChI is InChI=1S/4C3H7.CH2O3.Zr/c4*1-3-2;2-1(3)4;/h4*3H,1-2H3;(H2,2,3,4);/q4*-1;;+4. The van der Waals surface area contributed by atoms with Crippen molar-refractivity contribution in [3.63, 3.8) is 0 Å². The quantitative estimate of drug-likeness (QED) is 0.606. The normalized spacial score (nSPS) is 5.65. The van der Waals surface area contributed by atoms with Gasteiger partial charge in [0.2, 0.25) is 0 Å². The Balaban J connectivity index is -0.0000000221. The van der Waals surface area contributed by atoms with E-state index in [4.69, 9.17) is 15.0 Å². The molecule has 0 aromatic rings. The van der Waals surface area contributed by atoms with E-state index in [1.165, 1.54) is 0 Å². The molecule has 0 bridgehead atoms. The monoisotopic (exact) mass is 324 g/mol. The first-order valence-corrected chi connectivity index (χ1v) is 5.27. The summed E-state index contributed by atoms with van der Waals surface area (Å²) in [5.74, 6) is 0. The molecule has 0 saturated carbocycles. The minimum atomic E-state index is -1.83. The Bertz CT molecular complexity index is 67.1. The van der Waals surface area contributed by atoms with Crippen molar-refractivity contribution >= 4 is 6.16 Å². The van der Waals surface area contributed by atoms with Crippen LogP contribution in [0.4, 0.5) is 4.79 Å². The van der Waals surface area contributed by atoms with E-state index >= 15 is 0 Å².